The first-order valence-electron chi connectivity index (χ1n) is 14.9. The second-order valence-electron chi connectivity index (χ2n) is 10.7. The van der Waals surface area contributed by atoms with E-state index in [1.54, 1.807) is 0 Å². The van der Waals surface area contributed by atoms with Crippen LogP contribution in [0, 0.1) is 17.8 Å². The van der Waals surface area contributed by atoms with E-state index in [1.807, 2.05) is 28.6 Å². The summed E-state index contributed by atoms with van der Waals surface area (Å²) in [4.78, 5) is 1.40. The normalized spacial score (nSPS) is 13.3. The Balaban J connectivity index is 0.000000378. The average molecular weight is 791 g/mol. The zero-order chi connectivity index (χ0) is 32.2. The number of hydrogen-bond donors (Lipinski definition) is 0. The van der Waals surface area contributed by atoms with E-state index in [1.165, 1.54) is 55.0 Å². The van der Waals surface area contributed by atoms with Crippen molar-refractivity contribution >= 4 is 58.4 Å². The van der Waals surface area contributed by atoms with Crippen LogP contribution in [-0.4, -0.2) is 4.44 Å². The molecule has 0 saturated heterocycles. The standard InChI is InChI=1S/C29H25NP2S.C10H15.2ClH.Rh/c1-5-14-25(15-6-1)31(26-16-7-2-8-17-26)30(24-29-22-13-23-33-29)32(27-18-9-3-10-19-27)28-20-11-4-12-21-28;1-6-7(2)9(4)10(5)8(6)3;;;/h1-23H,24H2;1-5H3;2*1H;/q;-1;;;+3/p-2. The van der Waals surface area contributed by atoms with Gasteiger partial charge in [-0.05, 0) is 32.7 Å². The van der Waals surface area contributed by atoms with Gasteiger partial charge < -0.3 is 12.4 Å². The maximum atomic E-state index is 4.53. The van der Waals surface area contributed by atoms with Gasteiger partial charge in [0.2, 0.25) is 0 Å². The van der Waals surface area contributed by atoms with Gasteiger partial charge in [-0.3, -0.25) is 0 Å². The zero-order valence-corrected chi connectivity index (χ0v) is 32.6. The number of hydrogen-bond acceptors (Lipinski definition) is 2. The van der Waals surface area contributed by atoms with Gasteiger partial charge in [0.1, 0.15) is 0 Å². The summed E-state index contributed by atoms with van der Waals surface area (Å²) in [5.41, 5.74) is 2.94. The molecule has 1 nitrogen and oxygen atoms in total. The molecule has 4 aromatic carbocycles. The molecule has 5 aromatic rings. The molecular formula is C39H40Cl2NP2RhS. The Morgan fingerprint density at radius 1 is 0.609 bits per heavy atom. The summed E-state index contributed by atoms with van der Waals surface area (Å²) in [5, 5.41) is 7.72. The summed E-state index contributed by atoms with van der Waals surface area (Å²) in [5.74, 6) is 4.40. The van der Waals surface area contributed by atoms with E-state index in [4.69, 9.17) is 0 Å². The van der Waals surface area contributed by atoms with Crippen molar-refractivity contribution in [1.82, 2.24) is 4.44 Å². The molecule has 0 unspecified atom stereocenters. The molecule has 0 N–H and O–H groups in total. The second kappa shape index (κ2) is 19.9. The van der Waals surface area contributed by atoms with Gasteiger partial charge in [0.25, 0.3) is 0 Å². The van der Waals surface area contributed by atoms with Crippen LogP contribution in [0.15, 0.2) is 150 Å². The molecule has 0 fully saturated rings. The molecule has 7 heteroatoms. The summed E-state index contributed by atoms with van der Waals surface area (Å²) in [6.07, 6.45) is 0. The van der Waals surface area contributed by atoms with E-state index < -0.39 is 16.1 Å². The van der Waals surface area contributed by atoms with Gasteiger partial charge in [-0.1, -0.05) is 160 Å². The SMILES string of the molecule is C[C]1[C](C)[C-](C)C(C)=C1C.[Cl-].[Cl][Rh+2].c1ccc(P(c2ccccc2)N(Cc2cccs2)P(c2ccccc2)c2ccccc2)cc1. The first-order valence-corrected chi connectivity index (χ1v) is 20.5. The van der Waals surface area contributed by atoms with Crippen molar-refractivity contribution in [2.24, 2.45) is 0 Å². The molecule has 1 aliphatic carbocycles. The quantitative estimate of drug-likeness (QED) is 0.0898. The molecular weight excluding hydrogens is 750 g/mol. The summed E-state index contributed by atoms with van der Waals surface area (Å²) >= 11 is 3.87. The molecule has 2 radical (unpaired) electrons. The summed E-state index contributed by atoms with van der Waals surface area (Å²) < 4.78 is 2.78. The van der Waals surface area contributed by atoms with Crippen LogP contribution in [0.5, 0.6) is 0 Å². The first kappa shape index (κ1) is 38.7. The molecule has 0 bridgehead atoms. The van der Waals surface area contributed by atoms with Crippen LogP contribution in [-0.2, 0) is 23.9 Å². The number of thiophene rings is 1. The average Bonchev–Trinajstić information content (AvgIpc) is 3.68. The van der Waals surface area contributed by atoms with E-state index >= 15 is 0 Å². The van der Waals surface area contributed by atoms with Crippen LogP contribution in [0.3, 0.4) is 0 Å². The molecule has 6 rings (SSSR count). The molecule has 0 atom stereocenters. The Labute approximate surface area is 304 Å². The van der Waals surface area contributed by atoms with Gasteiger partial charge in [0.05, 0.1) is 0 Å². The van der Waals surface area contributed by atoms with Crippen molar-refractivity contribution in [2.75, 3.05) is 0 Å². The summed E-state index contributed by atoms with van der Waals surface area (Å²) in [7, 11) is 3.06. The van der Waals surface area contributed by atoms with Crippen molar-refractivity contribution in [3.05, 3.63) is 173 Å². The fourth-order valence-corrected chi connectivity index (χ4v) is 12.2. The van der Waals surface area contributed by atoms with Crippen molar-refractivity contribution in [1.29, 1.82) is 0 Å². The largest absolute Gasteiger partial charge is 0.239 e. The Morgan fingerprint density at radius 2 is 0.978 bits per heavy atom. The minimum Gasteiger partial charge on any atom is -0.239 e. The molecule has 0 aliphatic heterocycles. The van der Waals surface area contributed by atoms with Crippen LogP contribution >= 0.6 is 37.2 Å². The van der Waals surface area contributed by atoms with Crippen LogP contribution < -0.4 is 33.6 Å². The second-order valence-corrected chi connectivity index (χ2v) is 16.3. The van der Waals surface area contributed by atoms with E-state index in [0.717, 1.165) is 6.54 Å². The fourth-order valence-electron chi connectivity index (χ4n) is 5.29. The summed E-state index contributed by atoms with van der Waals surface area (Å²) in [6, 6.07) is 48.6. The molecule has 0 spiro atoms. The smallest absolute Gasteiger partial charge is 0.0419 e. The third-order valence-corrected chi connectivity index (χ3v) is 14.4. The van der Waals surface area contributed by atoms with Crippen molar-refractivity contribution < 1.29 is 29.7 Å². The van der Waals surface area contributed by atoms with Crippen LogP contribution in [0.2, 0.25) is 0 Å². The molecule has 1 aromatic heterocycles. The Morgan fingerprint density at radius 3 is 1.22 bits per heavy atom. The van der Waals surface area contributed by atoms with Crippen molar-refractivity contribution in [3.63, 3.8) is 0 Å². The van der Waals surface area contributed by atoms with Gasteiger partial charge in [-0.25, -0.2) is 21.5 Å². The molecule has 1 aliphatic rings. The van der Waals surface area contributed by atoms with Gasteiger partial charge in [-0.15, -0.1) is 25.2 Å². The minimum atomic E-state index is -0.737. The fraction of sp³-hybridized carbons (Fsp3) is 0.154. The predicted molar refractivity (Wildman–Crippen MR) is 199 cm³/mol. The van der Waals surface area contributed by atoms with Crippen LogP contribution in [0.25, 0.3) is 0 Å². The van der Waals surface area contributed by atoms with Crippen LogP contribution in [0.1, 0.15) is 39.5 Å². The molecule has 0 saturated carbocycles. The van der Waals surface area contributed by atoms with Gasteiger partial charge in [0, 0.05) is 27.6 Å². The van der Waals surface area contributed by atoms with Crippen LogP contribution in [0.4, 0.5) is 0 Å². The zero-order valence-electron chi connectivity index (χ0n) is 26.8. The number of nitrogens with zero attached hydrogens (tertiary/aromatic N) is 1. The monoisotopic (exact) mass is 789 g/mol. The third-order valence-electron chi connectivity index (χ3n) is 8.15. The van der Waals surface area contributed by atoms with E-state index in [0.29, 0.717) is 0 Å². The maximum absolute atomic E-state index is 4.53. The first-order chi connectivity index (χ1) is 22.0. The van der Waals surface area contributed by atoms with Crippen molar-refractivity contribution in [3.8, 4) is 0 Å². The van der Waals surface area contributed by atoms with Gasteiger partial charge in [-0.2, -0.15) is 0 Å². The third kappa shape index (κ3) is 9.87. The molecule has 46 heavy (non-hydrogen) atoms. The van der Waals surface area contributed by atoms with Gasteiger partial charge in [0.15, 0.2) is 0 Å². The van der Waals surface area contributed by atoms with Crippen molar-refractivity contribution in [2.45, 2.75) is 41.2 Å². The number of rotatable bonds is 8. The summed E-state index contributed by atoms with van der Waals surface area (Å²) in [6.45, 7) is 11.9. The molecule has 1 heterocycles. The molecule has 0 amide bonds. The molecule has 240 valence electrons. The predicted octanol–water partition coefficient (Wildman–Crippen LogP) is 7.46. The number of halogens is 2. The number of allylic oxidation sites excluding steroid dienone is 2. The van der Waals surface area contributed by atoms with E-state index in [9.17, 15) is 0 Å². The minimum absolute atomic E-state index is 0. The number of benzene rings is 4. The Hall–Kier alpha value is -1.79. The Bertz CT molecular complexity index is 1390. The topological polar surface area (TPSA) is 3.24 Å². The Kier molecular flexibility index (Phi) is 16.7. The van der Waals surface area contributed by atoms with Gasteiger partial charge >= 0.3 is 27.0 Å². The van der Waals surface area contributed by atoms with E-state index in [2.05, 4.69) is 188 Å². The van der Waals surface area contributed by atoms with E-state index in [-0.39, 0.29) is 12.4 Å². The maximum Gasteiger partial charge on any atom is 0.0419 e.